The zero-order valence-electron chi connectivity index (χ0n) is 14.8. The number of hydrogen-bond acceptors (Lipinski definition) is 5. The lowest BCUT2D eigenvalue weighted by molar-refractivity contribution is -0.121. The summed E-state index contributed by atoms with van der Waals surface area (Å²) in [4.78, 5) is 24.2. The third-order valence-corrected chi connectivity index (χ3v) is 5.12. The summed E-state index contributed by atoms with van der Waals surface area (Å²) in [5, 5.41) is 0.609. The minimum atomic E-state index is -0.0735. The number of thioether (sulfide) groups is 1. The molecule has 0 radical (unpaired) electrons. The van der Waals surface area contributed by atoms with Crippen LogP contribution in [0.25, 0.3) is 5.57 Å². The normalized spacial score (nSPS) is 17.7. The van der Waals surface area contributed by atoms with E-state index in [1.807, 2.05) is 56.3 Å². The molecule has 5 nitrogen and oxygen atoms in total. The molecule has 0 bridgehead atoms. The number of aromatic nitrogens is 1. The quantitative estimate of drug-likeness (QED) is 0.502. The number of carbonyl (C=O) groups is 1. The van der Waals surface area contributed by atoms with Crippen molar-refractivity contribution in [1.29, 1.82) is 0 Å². The first-order valence-electron chi connectivity index (χ1n) is 8.19. The highest BCUT2D eigenvalue weighted by atomic mass is 32.2. The maximum atomic E-state index is 12.9. The highest BCUT2D eigenvalue weighted by Gasteiger charge is 2.34. The molecule has 1 aromatic heterocycles. The van der Waals surface area contributed by atoms with Crippen molar-refractivity contribution < 1.29 is 4.79 Å². The van der Waals surface area contributed by atoms with Crippen molar-refractivity contribution in [2.75, 3.05) is 12.3 Å². The first kappa shape index (κ1) is 17.9. The van der Waals surface area contributed by atoms with Gasteiger partial charge in [-0.15, -0.1) is 6.58 Å². The summed E-state index contributed by atoms with van der Waals surface area (Å²) >= 11 is 1.36. The van der Waals surface area contributed by atoms with Crippen LogP contribution in [-0.2, 0) is 4.79 Å². The second-order valence-electron chi connectivity index (χ2n) is 5.91. The number of aryl methyl sites for hydroxylation is 1. The molecule has 1 saturated heterocycles. The number of carbonyl (C=O) groups excluding carboxylic acids is 1. The average Bonchev–Trinajstić information content (AvgIpc) is 2.92. The molecule has 2 aromatic rings. The Balaban J connectivity index is 2.02. The largest absolute Gasteiger partial charge is 0.399 e. The van der Waals surface area contributed by atoms with Crippen LogP contribution in [0.5, 0.6) is 0 Å². The summed E-state index contributed by atoms with van der Waals surface area (Å²) in [7, 11) is 0. The number of nitrogens with two attached hydrogens (primary N) is 1. The van der Waals surface area contributed by atoms with Gasteiger partial charge in [-0.25, -0.2) is 9.98 Å². The van der Waals surface area contributed by atoms with E-state index in [0.29, 0.717) is 28.1 Å². The number of benzene rings is 1. The number of aliphatic imine (C=N–C) groups is 1. The Hall–Kier alpha value is -2.86. The Morgan fingerprint density at radius 1 is 1.31 bits per heavy atom. The van der Waals surface area contributed by atoms with Crippen molar-refractivity contribution in [2.45, 2.75) is 13.8 Å². The van der Waals surface area contributed by atoms with Gasteiger partial charge in [-0.2, -0.15) is 0 Å². The van der Waals surface area contributed by atoms with E-state index >= 15 is 0 Å². The van der Waals surface area contributed by atoms with Crippen molar-refractivity contribution in [1.82, 2.24) is 9.88 Å². The van der Waals surface area contributed by atoms with E-state index in [1.165, 1.54) is 11.8 Å². The standard InChI is InChI=1S/C20H20N4OS/c1-4-12-24-19(25)18(14(3)15-8-10-16(21)11-9-15)26-20(24)23-17-7-5-6-13(2)22-17/h4-11H,1,12,21H2,2-3H3/b18-14-,23-20+. The maximum Gasteiger partial charge on any atom is 0.267 e. The van der Waals surface area contributed by atoms with Crippen molar-refractivity contribution in [3.8, 4) is 0 Å². The molecule has 1 aliphatic rings. The Labute approximate surface area is 157 Å². The molecule has 2 N–H and O–H groups in total. The molecule has 0 saturated carbocycles. The summed E-state index contributed by atoms with van der Waals surface area (Å²) in [6.07, 6.45) is 1.69. The van der Waals surface area contributed by atoms with Crippen LogP contribution in [0.15, 0.2) is 65.0 Å². The molecule has 6 heteroatoms. The molecule has 0 unspecified atom stereocenters. The monoisotopic (exact) mass is 364 g/mol. The summed E-state index contributed by atoms with van der Waals surface area (Å²) in [6.45, 7) is 7.99. The molecule has 1 aliphatic heterocycles. The molecule has 0 aliphatic carbocycles. The van der Waals surface area contributed by atoms with Gasteiger partial charge in [0.15, 0.2) is 11.0 Å². The molecular formula is C20H20N4OS. The van der Waals surface area contributed by atoms with Crippen LogP contribution in [0.3, 0.4) is 0 Å². The number of nitrogens with zero attached hydrogens (tertiary/aromatic N) is 3. The number of hydrogen-bond donors (Lipinski definition) is 1. The summed E-state index contributed by atoms with van der Waals surface area (Å²) < 4.78 is 0. The molecule has 1 aromatic carbocycles. The highest BCUT2D eigenvalue weighted by molar-refractivity contribution is 8.18. The van der Waals surface area contributed by atoms with E-state index in [4.69, 9.17) is 5.73 Å². The van der Waals surface area contributed by atoms with Gasteiger partial charge in [0.2, 0.25) is 0 Å². The predicted molar refractivity (Wildman–Crippen MR) is 109 cm³/mol. The van der Waals surface area contributed by atoms with E-state index in [0.717, 1.165) is 16.8 Å². The molecule has 3 rings (SSSR count). The maximum absolute atomic E-state index is 12.9. The molecule has 2 heterocycles. The minimum absolute atomic E-state index is 0.0735. The van der Waals surface area contributed by atoms with Crippen LogP contribution in [0.2, 0.25) is 0 Å². The van der Waals surface area contributed by atoms with E-state index in [9.17, 15) is 4.79 Å². The van der Waals surface area contributed by atoms with Gasteiger partial charge < -0.3 is 5.73 Å². The summed E-state index contributed by atoms with van der Waals surface area (Å²) in [6, 6.07) is 13.1. The highest BCUT2D eigenvalue weighted by Crippen LogP contribution is 2.37. The van der Waals surface area contributed by atoms with Gasteiger partial charge >= 0.3 is 0 Å². The lowest BCUT2D eigenvalue weighted by atomic mass is 10.1. The van der Waals surface area contributed by atoms with E-state index in [1.54, 1.807) is 11.0 Å². The Kier molecular flexibility index (Phi) is 5.23. The van der Waals surface area contributed by atoms with E-state index in [2.05, 4.69) is 16.6 Å². The van der Waals surface area contributed by atoms with Gasteiger partial charge in [-0.1, -0.05) is 24.3 Å². The second-order valence-corrected chi connectivity index (χ2v) is 6.89. The van der Waals surface area contributed by atoms with Crippen molar-refractivity contribution in [3.63, 3.8) is 0 Å². The Morgan fingerprint density at radius 2 is 2.04 bits per heavy atom. The first-order valence-corrected chi connectivity index (χ1v) is 9.01. The smallest absolute Gasteiger partial charge is 0.267 e. The number of rotatable bonds is 4. The number of pyridine rings is 1. The van der Waals surface area contributed by atoms with Gasteiger partial charge in [0.05, 0.1) is 4.91 Å². The number of anilines is 1. The SMILES string of the molecule is C=CCN1C(=O)/C(=C(\C)c2ccc(N)cc2)S/C1=N/c1cccc(C)n1. The minimum Gasteiger partial charge on any atom is -0.399 e. The number of allylic oxidation sites excluding steroid dienone is 1. The summed E-state index contributed by atoms with van der Waals surface area (Å²) in [5.74, 6) is 0.511. The van der Waals surface area contributed by atoms with E-state index < -0.39 is 0 Å². The van der Waals surface area contributed by atoms with Crippen LogP contribution in [0.1, 0.15) is 18.2 Å². The number of amides is 1. The lowest BCUT2D eigenvalue weighted by Gasteiger charge is -2.12. The fourth-order valence-corrected chi connectivity index (χ4v) is 3.62. The Morgan fingerprint density at radius 3 is 2.69 bits per heavy atom. The average molecular weight is 364 g/mol. The topological polar surface area (TPSA) is 71.6 Å². The van der Waals surface area contributed by atoms with E-state index in [-0.39, 0.29) is 5.91 Å². The molecule has 1 amide bonds. The molecule has 26 heavy (non-hydrogen) atoms. The van der Waals surface area contributed by atoms with Crippen molar-refractivity contribution >= 4 is 39.9 Å². The predicted octanol–water partition coefficient (Wildman–Crippen LogP) is 4.15. The fraction of sp³-hybridized carbons (Fsp3) is 0.150. The van der Waals surface area contributed by atoms with Crippen LogP contribution < -0.4 is 5.73 Å². The first-order chi connectivity index (χ1) is 12.5. The Bertz CT molecular complexity index is 916. The third kappa shape index (κ3) is 3.70. The van der Waals surface area contributed by atoms with Gasteiger partial charge in [0, 0.05) is 17.9 Å². The van der Waals surface area contributed by atoms with Crippen LogP contribution in [0, 0.1) is 6.92 Å². The second kappa shape index (κ2) is 7.58. The molecule has 132 valence electrons. The van der Waals surface area contributed by atoms with Gasteiger partial charge in [0.25, 0.3) is 5.91 Å². The van der Waals surface area contributed by atoms with Crippen molar-refractivity contribution in [3.05, 3.63) is 71.3 Å². The van der Waals surface area contributed by atoms with Crippen LogP contribution in [-0.4, -0.2) is 27.5 Å². The summed E-state index contributed by atoms with van der Waals surface area (Å²) in [5.41, 5.74) is 9.19. The molecule has 0 atom stereocenters. The fourth-order valence-electron chi connectivity index (χ4n) is 2.56. The zero-order chi connectivity index (χ0) is 18.7. The zero-order valence-corrected chi connectivity index (χ0v) is 15.6. The molecule has 1 fully saturated rings. The molecule has 0 spiro atoms. The van der Waals surface area contributed by atoms with Gasteiger partial charge in [0.1, 0.15) is 0 Å². The number of nitrogen functional groups attached to an aromatic ring is 1. The van der Waals surface area contributed by atoms with Crippen LogP contribution >= 0.6 is 11.8 Å². The lowest BCUT2D eigenvalue weighted by Crippen LogP contribution is -2.29. The van der Waals surface area contributed by atoms with Gasteiger partial charge in [-0.3, -0.25) is 9.69 Å². The van der Waals surface area contributed by atoms with Gasteiger partial charge in [-0.05, 0) is 61.0 Å². The van der Waals surface area contributed by atoms with Crippen molar-refractivity contribution in [2.24, 2.45) is 4.99 Å². The third-order valence-electron chi connectivity index (χ3n) is 3.94. The molecular weight excluding hydrogens is 344 g/mol. The number of amidine groups is 1. The van der Waals surface area contributed by atoms with Crippen LogP contribution in [0.4, 0.5) is 11.5 Å².